The second kappa shape index (κ2) is 12.9. The molecule has 0 bridgehead atoms. The van der Waals surface area contributed by atoms with Crippen LogP contribution in [0.2, 0.25) is 0 Å². The van der Waals surface area contributed by atoms with E-state index in [-0.39, 0.29) is 18.4 Å². The van der Waals surface area contributed by atoms with Gasteiger partial charge in [-0.3, -0.25) is 24.3 Å². The number of alkyl halides is 1. The highest BCUT2D eigenvalue weighted by Crippen LogP contribution is 2.32. The number of nitrogens with zero attached hydrogens (tertiary/aromatic N) is 4. The van der Waals surface area contributed by atoms with Crippen molar-refractivity contribution in [1.29, 1.82) is 0 Å². The van der Waals surface area contributed by atoms with Crippen LogP contribution in [0, 0.1) is 0 Å². The zero-order valence-corrected chi connectivity index (χ0v) is 26.0. The van der Waals surface area contributed by atoms with E-state index in [0.717, 1.165) is 5.56 Å². The summed E-state index contributed by atoms with van der Waals surface area (Å²) in [6.45, 7) is 14.2. The summed E-state index contributed by atoms with van der Waals surface area (Å²) in [5.74, 6) is -0.657. The first-order valence-electron chi connectivity index (χ1n) is 13.6. The molecule has 2 aliphatic rings. The quantitative estimate of drug-likeness (QED) is 0.345. The number of hydrogen-bond acceptors (Lipinski definition) is 8. The Morgan fingerprint density at radius 1 is 0.975 bits per heavy atom. The summed E-state index contributed by atoms with van der Waals surface area (Å²) in [5.41, 5.74) is 5.90. The molecule has 222 valence electrons. The molecule has 1 atom stereocenters. The standard InChI is InChI=1S/C28H42BrN5O6/c1-27(2,3)39-25(37)32(12-10-30)15-13-31-14-16-33(26(38)40-28(4,5)6)22(18-31)19-7-8-20-21(17-19)24(36)34(11-9-29)23(20)35/h7-8,17,22H,9-16,18,30H2,1-6H3. The molecule has 1 unspecified atom stereocenters. The summed E-state index contributed by atoms with van der Waals surface area (Å²) < 4.78 is 11.2. The zero-order chi connectivity index (χ0) is 29.8. The van der Waals surface area contributed by atoms with Crippen molar-refractivity contribution < 1.29 is 28.7 Å². The highest BCUT2D eigenvalue weighted by Gasteiger charge is 2.39. The van der Waals surface area contributed by atoms with E-state index in [9.17, 15) is 19.2 Å². The lowest BCUT2D eigenvalue weighted by Crippen LogP contribution is -2.53. The Bertz CT molecular complexity index is 1120. The Balaban J connectivity index is 1.84. The highest BCUT2D eigenvalue weighted by atomic mass is 79.9. The van der Waals surface area contributed by atoms with Crippen LogP contribution in [0.5, 0.6) is 0 Å². The first kappa shape index (κ1) is 31.8. The smallest absolute Gasteiger partial charge is 0.410 e. The molecule has 0 spiro atoms. The molecule has 1 aromatic carbocycles. The van der Waals surface area contributed by atoms with Crippen LogP contribution < -0.4 is 5.73 Å². The highest BCUT2D eigenvalue weighted by molar-refractivity contribution is 9.09. The Kier molecular flexibility index (Phi) is 10.2. The number of piperazine rings is 1. The third-order valence-electron chi connectivity index (χ3n) is 6.52. The van der Waals surface area contributed by atoms with E-state index in [1.165, 1.54) is 4.90 Å². The largest absolute Gasteiger partial charge is 0.444 e. The number of imide groups is 1. The number of carbonyl (C=O) groups excluding carboxylic acids is 4. The lowest BCUT2D eigenvalue weighted by atomic mass is 9.98. The molecule has 40 heavy (non-hydrogen) atoms. The number of nitrogens with two attached hydrogens (primary N) is 1. The van der Waals surface area contributed by atoms with Crippen molar-refractivity contribution in [1.82, 2.24) is 19.6 Å². The number of amides is 4. The second-order valence-electron chi connectivity index (χ2n) is 12.0. The van der Waals surface area contributed by atoms with Gasteiger partial charge in [-0.05, 0) is 59.2 Å². The van der Waals surface area contributed by atoms with Crippen LogP contribution in [0.15, 0.2) is 18.2 Å². The molecule has 2 N–H and O–H groups in total. The lowest BCUT2D eigenvalue weighted by Gasteiger charge is -2.42. The van der Waals surface area contributed by atoms with Crippen LogP contribution in [0.3, 0.4) is 0 Å². The molecule has 2 aliphatic heterocycles. The fraction of sp³-hybridized carbons (Fsp3) is 0.643. The topological polar surface area (TPSA) is 126 Å². The average molecular weight is 625 g/mol. The van der Waals surface area contributed by atoms with Crippen LogP contribution in [0.1, 0.15) is 73.9 Å². The fourth-order valence-corrected chi connectivity index (χ4v) is 5.06. The monoisotopic (exact) mass is 623 g/mol. The predicted octanol–water partition coefficient (Wildman–Crippen LogP) is 3.47. The third-order valence-corrected chi connectivity index (χ3v) is 6.87. The molecule has 0 radical (unpaired) electrons. The molecule has 0 aromatic heterocycles. The summed E-state index contributed by atoms with van der Waals surface area (Å²) >= 11 is 3.30. The van der Waals surface area contributed by atoms with E-state index >= 15 is 0 Å². The number of benzene rings is 1. The molecule has 2 heterocycles. The van der Waals surface area contributed by atoms with Gasteiger partial charge in [0.05, 0.1) is 17.2 Å². The molecule has 3 rings (SSSR count). The minimum Gasteiger partial charge on any atom is -0.444 e. The minimum atomic E-state index is -0.675. The molecule has 1 saturated heterocycles. The van der Waals surface area contributed by atoms with Gasteiger partial charge in [-0.2, -0.15) is 0 Å². The molecule has 0 saturated carbocycles. The first-order chi connectivity index (χ1) is 18.6. The van der Waals surface area contributed by atoms with Crippen molar-refractivity contribution in [3.63, 3.8) is 0 Å². The normalized spacial score (nSPS) is 18.1. The van der Waals surface area contributed by atoms with Crippen molar-refractivity contribution in [2.45, 2.75) is 58.8 Å². The molecular formula is C28H42BrN5O6. The summed E-state index contributed by atoms with van der Waals surface area (Å²) in [5, 5.41) is 0.486. The van der Waals surface area contributed by atoms with Gasteiger partial charge in [0.1, 0.15) is 11.2 Å². The first-order valence-corrected chi connectivity index (χ1v) is 14.7. The number of fused-ring (bicyclic) bond motifs is 1. The Hall–Kier alpha value is -2.70. The molecular weight excluding hydrogens is 582 g/mol. The summed E-state index contributed by atoms with van der Waals surface area (Å²) in [6.07, 6.45) is -0.865. The van der Waals surface area contributed by atoms with Gasteiger partial charge < -0.3 is 20.1 Å². The molecule has 4 amide bonds. The zero-order valence-electron chi connectivity index (χ0n) is 24.4. The summed E-state index contributed by atoms with van der Waals surface area (Å²) in [7, 11) is 0. The van der Waals surface area contributed by atoms with Crippen LogP contribution in [0.4, 0.5) is 9.59 Å². The summed E-state index contributed by atoms with van der Waals surface area (Å²) in [6, 6.07) is 4.76. The number of halogens is 1. The van der Waals surface area contributed by atoms with Crippen LogP contribution in [0.25, 0.3) is 0 Å². The molecule has 0 aliphatic carbocycles. The van der Waals surface area contributed by atoms with Gasteiger partial charge in [0, 0.05) is 57.7 Å². The second-order valence-corrected chi connectivity index (χ2v) is 12.8. The maximum absolute atomic E-state index is 13.2. The Labute approximate surface area is 245 Å². The number of hydrogen-bond donors (Lipinski definition) is 1. The number of carbonyl (C=O) groups is 4. The van der Waals surface area contributed by atoms with Gasteiger partial charge >= 0.3 is 12.2 Å². The van der Waals surface area contributed by atoms with E-state index in [0.29, 0.717) is 62.3 Å². The van der Waals surface area contributed by atoms with E-state index < -0.39 is 29.4 Å². The van der Waals surface area contributed by atoms with E-state index in [1.807, 2.05) is 41.5 Å². The van der Waals surface area contributed by atoms with Crippen molar-refractivity contribution in [3.05, 3.63) is 34.9 Å². The van der Waals surface area contributed by atoms with Crippen LogP contribution >= 0.6 is 15.9 Å². The van der Waals surface area contributed by atoms with Gasteiger partial charge in [-0.1, -0.05) is 22.0 Å². The lowest BCUT2D eigenvalue weighted by molar-refractivity contribution is -0.00396. The van der Waals surface area contributed by atoms with E-state index in [2.05, 4.69) is 20.8 Å². The Morgan fingerprint density at radius 3 is 2.23 bits per heavy atom. The number of rotatable bonds is 8. The third kappa shape index (κ3) is 7.94. The van der Waals surface area contributed by atoms with Crippen LogP contribution in [-0.4, -0.2) is 112 Å². The number of ether oxygens (including phenoxy) is 2. The molecule has 12 heteroatoms. The van der Waals surface area contributed by atoms with Gasteiger partial charge in [0.25, 0.3) is 11.8 Å². The minimum absolute atomic E-state index is 0.278. The van der Waals surface area contributed by atoms with Crippen LogP contribution in [-0.2, 0) is 9.47 Å². The van der Waals surface area contributed by atoms with E-state index in [4.69, 9.17) is 15.2 Å². The maximum Gasteiger partial charge on any atom is 0.410 e. The van der Waals surface area contributed by atoms with Gasteiger partial charge in [0.2, 0.25) is 0 Å². The van der Waals surface area contributed by atoms with Crippen molar-refractivity contribution in [2.24, 2.45) is 5.73 Å². The van der Waals surface area contributed by atoms with Gasteiger partial charge in [0.15, 0.2) is 0 Å². The molecule has 1 fully saturated rings. The average Bonchev–Trinajstić information content (AvgIpc) is 3.08. The fourth-order valence-electron chi connectivity index (χ4n) is 4.71. The SMILES string of the molecule is CC(C)(C)OC(=O)N(CCN)CCN1CCN(C(=O)OC(C)(C)C)C(c2ccc3c(c2)C(=O)N(CCBr)C3=O)C1. The van der Waals surface area contributed by atoms with Gasteiger partial charge in [-0.25, -0.2) is 9.59 Å². The predicted molar refractivity (Wildman–Crippen MR) is 155 cm³/mol. The molecule has 1 aromatic rings. The maximum atomic E-state index is 13.2. The van der Waals surface area contributed by atoms with E-state index in [1.54, 1.807) is 28.0 Å². The van der Waals surface area contributed by atoms with Crippen molar-refractivity contribution >= 4 is 39.9 Å². The Morgan fingerprint density at radius 2 is 1.62 bits per heavy atom. The summed E-state index contributed by atoms with van der Waals surface area (Å²) in [4.78, 5) is 58.4. The van der Waals surface area contributed by atoms with Crippen molar-refractivity contribution in [2.75, 3.05) is 57.7 Å². The van der Waals surface area contributed by atoms with Gasteiger partial charge in [-0.15, -0.1) is 0 Å². The molecule has 11 nitrogen and oxygen atoms in total. The van der Waals surface area contributed by atoms with Crippen molar-refractivity contribution in [3.8, 4) is 0 Å².